The second-order valence-corrected chi connectivity index (χ2v) is 5.17. The highest BCUT2D eigenvalue weighted by atomic mass is 32.1. The molecule has 1 unspecified atom stereocenters. The average Bonchev–Trinajstić information content (AvgIpc) is 2.90. The lowest BCUT2D eigenvalue weighted by Gasteiger charge is -2.18. The summed E-state index contributed by atoms with van der Waals surface area (Å²) in [4.78, 5) is 0. The van der Waals surface area contributed by atoms with E-state index in [1.54, 1.807) is 18.4 Å². The maximum Gasteiger partial charge on any atom is 0.0701 e. The Hall–Kier alpha value is -0.420. The molecule has 1 heterocycles. The van der Waals surface area contributed by atoms with E-state index in [-0.39, 0.29) is 0 Å². The summed E-state index contributed by atoms with van der Waals surface area (Å²) in [7, 11) is 1.70. The van der Waals surface area contributed by atoms with Gasteiger partial charge >= 0.3 is 0 Å². The normalized spacial score (nSPS) is 12.8. The van der Waals surface area contributed by atoms with Gasteiger partial charge in [0.2, 0.25) is 0 Å². The second kappa shape index (κ2) is 10.5. The number of ether oxygens (including phenoxy) is 2. The molecule has 0 radical (unpaired) electrons. The molecule has 0 aliphatic heterocycles. The standard InChI is InChI=1S/C14H25NO2S/c1-3-7-15-14(11-17-9-8-16-2)5-4-13-6-10-18-12-13/h6,10,12,14-15H,3-5,7-9,11H2,1-2H3. The smallest absolute Gasteiger partial charge is 0.0701 e. The van der Waals surface area contributed by atoms with Crippen molar-refractivity contribution in [2.75, 3.05) is 33.5 Å². The lowest BCUT2D eigenvalue weighted by atomic mass is 10.1. The van der Waals surface area contributed by atoms with Crippen molar-refractivity contribution in [3.63, 3.8) is 0 Å². The van der Waals surface area contributed by atoms with Gasteiger partial charge in [-0.2, -0.15) is 11.3 Å². The summed E-state index contributed by atoms with van der Waals surface area (Å²) < 4.78 is 10.6. The molecule has 104 valence electrons. The maximum atomic E-state index is 5.62. The topological polar surface area (TPSA) is 30.5 Å². The number of rotatable bonds is 11. The number of hydrogen-bond donors (Lipinski definition) is 1. The molecule has 4 heteroatoms. The lowest BCUT2D eigenvalue weighted by Crippen LogP contribution is -2.35. The highest BCUT2D eigenvalue weighted by Gasteiger charge is 2.08. The SMILES string of the molecule is CCCNC(CCc1ccsc1)COCCOC. The fourth-order valence-electron chi connectivity index (χ4n) is 1.74. The van der Waals surface area contributed by atoms with Gasteiger partial charge in [0.1, 0.15) is 0 Å². The molecule has 1 rings (SSSR count). The van der Waals surface area contributed by atoms with E-state index in [2.05, 4.69) is 29.1 Å². The zero-order valence-corrected chi connectivity index (χ0v) is 12.3. The van der Waals surface area contributed by atoms with Gasteiger partial charge in [-0.3, -0.25) is 0 Å². The molecule has 0 aliphatic carbocycles. The highest BCUT2D eigenvalue weighted by Crippen LogP contribution is 2.10. The van der Waals surface area contributed by atoms with E-state index >= 15 is 0 Å². The first kappa shape index (κ1) is 15.6. The van der Waals surface area contributed by atoms with Crippen molar-refractivity contribution in [1.82, 2.24) is 5.32 Å². The van der Waals surface area contributed by atoms with Crippen molar-refractivity contribution in [3.8, 4) is 0 Å². The molecule has 0 amide bonds. The molecular formula is C14H25NO2S. The molecule has 0 saturated heterocycles. The average molecular weight is 271 g/mol. The molecular weight excluding hydrogens is 246 g/mol. The van der Waals surface area contributed by atoms with E-state index in [1.807, 2.05) is 0 Å². The Morgan fingerprint density at radius 2 is 2.28 bits per heavy atom. The summed E-state index contributed by atoms with van der Waals surface area (Å²) in [6.07, 6.45) is 3.41. The van der Waals surface area contributed by atoms with Crippen molar-refractivity contribution in [2.24, 2.45) is 0 Å². The van der Waals surface area contributed by atoms with Crippen molar-refractivity contribution < 1.29 is 9.47 Å². The van der Waals surface area contributed by atoms with Crippen LogP contribution in [0.4, 0.5) is 0 Å². The molecule has 3 nitrogen and oxygen atoms in total. The molecule has 0 aliphatic rings. The van der Waals surface area contributed by atoms with Gasteiger partial charge in [-0.1, -0.05) is 6.92 Å². The molecule has 1 N–H and O–H groups in total. The zero-order chi connectivity index (χ0) is 13.1. The highest BCUT2D eigenvalue weighted by molar-refractivity contribution is 7.07. The van der Waals surface area contributed by atoms with Crippen LogP contribution in [0.2, 0.25) is 0 Å². The molecule has 0 spiro atoms. The van der Waals surface area contributed by atoms with E-state index in [4.69, 9.17) is 9.47 Å². The van der Waals surface area contributed by atoms with Crippen LogP contribution < -0.4 is 5.32 Å². The number of hydrogen-bond acceptors (Lipinski definition) is 4. The van der Waals surface area contributed by atoms with Crippen LogP contribution >= 0.6 is 11.3 Å². The number of thiophene rings is 1. The van der Waals surface area contributed by atoms with Crippen molar-refractivity contribution >= 4 is 11.3 Å². The predicted molar refractivity (Wildman–Crippen MR) is 77.4 cm³/mol. The van der Waals surface area contributed by atoms with Crippen molar-refractivity contribution in [1.29, 1.82) is 0 Å². The van der Waals surface area contributed by atoms with Gasteiger partial charge in [-0.05, 0) is 48.2 Å². The van der Waals surface area contributed by atoms with Crippen LogP contribution in [0.1, 0.15) is 25.3 Å². The Balaban J connectivity index is 2.21. The van der Waals surface area contributed by atoms with Gasteiger partial charge in [0.25, 0.3) is 0 Å². The fourth-order valence-corrected chi connectivity index (χ4v) is 2.44. The molecule has 0 aromatic carbocycles. The van der Waals surface area contributed by atoms with Gasteiger partial charge in [0, 0.05) is 13.2 Å². The summed E-state index contributed by atoms with van der Waals surface area (Å²) in [6, 6.07) is 2.65. The Kier molecular flexibility index (Phi) is 9.12. The van der Waals surface area contributed by atoms with Gasteiger partial charge in [0.15, 0.2) is 0 Å². The van der Waals surface area contributed by atoms with E-state index in [0.717, 1.165) is 32.4 Å². The summed E-state index contributed by atoms with van der Waals surface area (Å²) in [5.41, 5.74) is 1.43. The molecule has 1 aromatic rings. The third kappa shape index (κ3) is 7.11. The molecule has 0 fully saturated rings. The zero-order valence-electron chi connectivity index (χ0n) is 11.5. The van der Waals surface area contributed by atoms with E-state index in [9.17, 15) is 0 Å². The van der Waals surface area contributed by atoms with Crippen LogP contribution in [-0.2, 0) is 15.9 Å². The summed E-state index contributed by atoms with van der Waals surface area (Å²) in [5, 5.41) is 7.91. The van der Waals surface area contributed by atoms with Crippen LogP contribution in [0.25, 0.3) is 0 Å². The molecule has 1 aromatic heterocycles. The first-order valence-electron chi connectivity index (χ1n) is 6.68. The minimum atomic E-state index is 0.446. The first-order chi connectivity index (χ1) is 8.86. The van der Waals surface area contributed by atoms with Crippen LogP contribution in [0, 0.1) is 0 Å². The predicted octanol–water partition coefficient (Wildman–Crippen LogP) is 2.71. The van der Waals surface area contributed by atoms with Gasteiger partial charge in [-0.25, -0.2) is 0 Å². The molecule has 0 saturated carbocycles. The molecule has 1 atom stereocenters. The van der Waals surface area contributed by atoms with Crippen molar-refractivity contribution in [3.05, 3.63) is 22.4 Å². The molecule has 18 heavy (non-hydrogen) atoms. The third-order valence-electron chi connectivity index (χ3n) is 2.80. The van der Waals surface area contributed by atoms with E-state index in [0.29, 0.717) is 19.3 Å². The number of nitrogens with one attached hydrogen (secondary N) is 1. The van der Waals surface area contributed by atoms with Crippen LogP contribution in [0.5, 0.6) is 0 Å². The van der Waals surface area contributed by atoms with Crippen molar-refractivity contribution in [2.45, 2.75) is 32.2 Å². The largest absolute Gasteiger partial charge is 0.382 e. The minimum Gasteiger partial charge on any atom is -0.382 e. The quantitative estimate of drug-likeness (QED) is 0.628. The summed E-state index contributed by atoms with van der Waals surface area (Å²) in [5.74, 6) is 0. The van der Waals surface area contributed by atoms with Gasteiger partial charge in [-0.15, -0.1) is 0 Å². The minimum absolute atomic E-state index is 0.446. The summed E-state index contributed by atoms with van der Waals surface area (Å²) >= 11 is 1.77. The van der Waals surface area contributed by atoms with E-state index in [1.165, 1.54) is 5.56 Å². The van der Waals surface area contributed by atoms with Crippen LogP contribution in [-0.4, -0.2) is 39.5 Å². The Morgan fingerprint density at radius 1 is 1.39 bits per heavy atom. The Labute approximate surface area is 114 Å². The van der Waals surface area contributed by atoms with Gasteiger partial charge in [0.05, 0.1) is 19.8 Å². The number of aryl methyl sites for hydroxylation is 1. The Bertz CT molecular complexity index is 277. The monoisotopic (exact) mass is 271 g/mol. The molecule has 0 bridgehead atoms. The maximum absolute atomic E-state index is 5.62. The van der Waals surface area contributed by atoms with Crippen LogP contribution in [0.3, 0.4) is 0 Å². The lowest BCUT2D eigenvalue weighted by molar-refractivity contribution is 0.0575. The second-order valence-electron chi connectivity index (χ2n) is 4.39. The third-order valence-corrected chi connectivity index (χ3v) is 3.53. The Morgan fingerprint density at radius 3 is 2.94 bits per heavy atom. The summed E-state index contributed by atoms with van der Waals surface area (Å²) in [6.45, 7) is 5.37. The fraction of sp³-hybridized carbons (Fsp3) is 0.714. The number of methoxy groups -OCH3 is 1. The first-order valence-corrected chi connectivity index (χ1v) is 7.62. The van der Waals surface area contributed by atoms with E-state index < -0.39 is 0 Å². The van der Waals surface area contributed by atoms with Gasteiger partial charge < -0.3 is 14.8 Å². The van der Waals surface area contributed by atoms with Crippen LogP contribution in [0.15, 0.2) is 16.8 Å².